The number of carbonyl (C=O) groups excluding carboxylic acids is 1. The number of hydrogen-bond donors (Lipinski definition) is 1. The molecule has 1 aliphatic carbocycles. The third-order valence-electron chi connectivity index (χ3n) is 3.82. The minimum atomic E-state index is -2.69. The van der Waals surface area contributed by atoms with Crippen LogP contribution in [0.2, 0.25) is 0 Å². The Morgan fingerprint density at radius 1 is 1.41 bits per heavy atom. The SMILES string of the molecule is COC(=O)C1(C2CCCNC2)CC(F)(F)C1.Cl. The Labute approximate surface area is 106 Å². The Bertz CT molecular complexity index is 285. The predicted octanol–water partition coefficient (Wildman–Crippen LogP) is 2.00. The van der Waals surface area contributed by atoms with E-state index >= 15 is 0 Å². The van der Waals surface area contributed by atoms with Gasteiger partial charge in [0, 0.05) is 12.8 Å². The van der Waals surface area contributed by atoms with Crippen molar-refractivity contribution in [2.24, 2.45) is 11.3 Å². The van der Waals surface area contributed by atoms with Gasteiger partial charge in [-0.1, -0.05) is 0 Å². The molecule has 0 amide bonds. The van der Waals surface area contributed by atoms with E-state index in [0.717, 1.165) is 19.4 Å². The van der Waals surface area contributed by atoms with Crippen LogP contribution in [0.4, 0.5) is 8.78 Å². The Balaban J connectivity index is 0.00000144. The van der Waals surface area contributed by atoms with Gasteiger partial charge in [-0.2, -0.15) is 0 Å². The number of rotatable bonds is 2. The first-order valence-electron chi connectivity index (χ1n) is 5.67. The van der Waals surface area contributed by atoms with Crippen molar-refractivity contribution >= 4 is 18.4 Å². The molecule has 0 bridgehead atoms. The minimum Gasteiger partial charge on any atom is -0.469 e. The summed E-state index contributed by atoms with van der Waals surface area (Å²) in [5.41, 5.74) is -0.939. The fourth-order valence-electron chi connectivity index (χ4n) is 3.00. The van der Waals surface area contributed by atoms with Crippen molar-refractivity contribution in [1.82, 2.24) is 5.32 Å². The zero-order valence-electron chi connectivity index (χ0n) is 9.80. The monoisotopic (exact) mass is 269 g/mol. The lowest BCUT2D eigenvalue weighted by Crippen LogP contribution is -2.58. The number of halogens is 3. The number of esters is 1. The number of piperidine rings is 1. The van der Waals surface area contributed by atoms with Gasteiger partial charge in [0.25, 0.3) is 0 Å². The molecule has 0 aromatic heterocycles. The summed E-state index contributed by atoms with van der Waals surface area (Å²) < 4.78 is 30.8. The number of methoxy groups -OCH3 is 1. The maximum atomic E-state index is 13.1. The second kappa shape index (κ2) is 5.06. The van der Waals surface area contributed by atoms with E-state index in [9.17, 15) is 13.6 Å². The van der Waals surface area contributed by atoms with Gasteiger partial charge in [-0.3, -0.25) is 4.79 Å². The highest BCUT2D eigenvalue weighted by atomic mass is 35.5. The van der Waals surface area contributed by atoms with Gasteiger partial charge in [0.05, 0.1) is 12.5 Å². The summed E-state index contributed by atoms with van der Waals surface area (Å²) >= 11 is 0. The van der Waals surface area contributed by atoms with Gasteiger partial charge in [0.2, 0.25) is 5.92 Å². The number of hydrogen-bond acceptors (Lipinski definition) is 3. The van der Waals surface area contributed by atoms with Gasteiger partial charge in [-0.15, -0.1) is 12.4 Å². The molecule has 3 nitrogen and oxygen atoms in total. The van der Waals surface area contributed by atoms with Crippen LogP contribution in [0.25, 0.3) is 0 Å². The molecule has 1 aliphatic heterocycles. The second-order valence-corrected chi connectivity index (χ2v) is 4.90. The Morgan fingerprint density at radius 3 is 2.47 bits per heavy atom. The summed E-state index contributed by atoms with van der Waals surface area (Å²) in [6.07, 6.45) is 1.07. The number of carbonyl (C=O) groups is 1. The van der Waals surface area contributed by atoms with Gasteiger partial charge >= 0.3 is 5.97 Å². The molecule has 2 fully saturated rings. The normalized spacial score (nSPS) is 29.7. The molecule has 2 aliphatic rings. The molecule has 2 rings (SSSR count). The standard InChI is InChI=1S/C11H17F2NO2.ClH/c1-16-9(15)10(6-11(12,13)7-10)8-3-2-4-14-5-8;/h8,14H,2-7H2,1H3;1H. The quantitative estimate of drug-likeness (QED) is 0.779. The van der Waals surface area contributed by atoms with Gasteiger partial charge in [-0.05, 0) is 31.8 Å². The summed E-state index contributed by atoms with van der Waals surface area (Å²) in [6.45, 7) is 1.55. The smallest absolute Gasteiger partial charge is 0.312 e. The van der Waals surface area contributed by atoms with Crippen LogP contribution >= 0.6 is 12.4 Å². The summed E-state index contributed by atoms with van der Waals surface area (Å²) in [6, 6.07) is 0. The fraction of sp³-hybridized carbons (Fsp3) is 0.909. The highest BCUT2D eigenvalue weighted by Gasteiger charge is 2.64. The third kappa shape index (κ3) is 2.55. The summed E-state index contributed by atoms with van der Waals surface area (Å²) in [5.74, 6) is -3.16. The lowest BCUT2D eigenvalue weighted by Gasteiger charge is -2.50. The minimum absolute atomic E-state index is 0. The first kappa shape index (κ1) is 14.6. The summed E-state index contributed by atoms with van der Waals surface area (Å²) in [4.78, 5) is 11.7. The van der Waals surface area contributed by atoms with Crippen LogP contribution in [0.15, 0.2) is 0 Å². The molecule has 1 unspecified atom stereocenters. The van der Waals surface area contributed by atoms with E-state index in [1.54, 1.807) is 0 Å². The molecule has 0 aromatic rings. The number of ether oxygens (including phenoxy) is 1. The van der Waals surface area contributed by atoms with Gasteiger partial charge in [0.15, 0.2) is 0 Å². The van der Waals surface area contributed by atoms with Crippen LogP contribution in [0.3, 0.4) is 0 Å². The van der Waals surface area contributed by atoms with Crippen molar-refractivity contribution < 1.29 is 18.3 Å². The van der Waals surface area contributed by atoms with Crippen molar-refractivity contribution in [2.45, 2.75) is 31.6 Å². The van der Waals surface area contributed by atoms with E-state index in [1.165, 1.54) is 7.11 Å². The van der Waals surface area contributed by atoms with Crippen LogP contribution in [-0.4, -0.2) is 32.1 Å². The van der Waals surface area contributed by atoms with Crippen molar-refractivity contribution in [3.63, 3.8) is 0 Å². The van der Waals surface area contributed by atoms with Crippen LogP contribution < -0.4 is 5.32 Å². The maximum absolute atomic E-state index is 13.1. The average Bonchev–Trinajstić information content (AvgIpc) is 2.25. The van der Waals surface area contributed by atoms with Gasteiger partial charge < -0.3 is 10.1 Å². The molecule has 1 atom stereocenters. The second-order valence-electron chi connectivity index (χ2n) is 4.90. The van der Waals surface area contributed by atoms with Crippen molar-refractivity contribution in [3.8, 4) is 0 Å². The zero-order valence-corrected chi connectivity index (χ0v) is 10.6. The molecule has 1 saturated heterocycles. The molecule has 0 spiro atoms. The van der Waals surface area contributed by atoms with E-state index < -0.39 is 17.3 Å². The molecule has 0 radical (unpaired) electrons. The van der Waals surface area contributed by atoms with Crippen molar-refractivity contribution in [2.75, 3.05) is 20.2 Å². The molecule has 1 saturated carbocycles. The van der Waals surface area contributed by atoms with E-state index in [0.29, 0.717) is 6.54 Å². The third-order valence-corrected chi connectivity index (χ3v) is 3.82. The molecular weight excluding hydrogens is 252 g/mol. The Hall–Kier alpha value is -0.420. The topological polar surface area (TPSA) is 38.3 Å². The Kier molecular flexibility index (Phi) is 4.36. The lowest BCUT2D eigenvalue weighted by molar-refractivity contribution is -0.210. The molecule has 0 aromatic carbocycles. The van der Waals surface area contributed by atoms with E-state index in [4.69, 9.17) is 4.74 Å². The number of nitrogens with one attached hydrogen (secondary N) is 1. The van der Waals surface area contributed by atoms with Crippen LogP contribution in [0.1, 0.15) is 25.7 Å². The molecule has 1 N–H and O–H groups in total. The highest BCUT2D eigenvalue weighted by molar-refractivity contribution is 5.85. The van der Waals surface area contributed by atoms with Gasteiger partial charge in [0.1, 0.15) is 0 Å². The zero-order chi connectivity index (χ0) is 11.8. The average molecular weight is 270 g/mol. The molecular formula is C11H18ClF2NO2. The first-order chi connectivity index (χ1) is 7.50. The van der Waals surface area contributed by atoms with E-state index in [1.807, 2.05) is 0 Å². The molecule has 1 heterocycles. The first-order valence-corrected chi connectivity index (χ1v) is 5.67. The highest BCUT2D eigenvalue weighted by Crippen LogP contribution is 2.57. The largest absolute Gasteiger partial charge is 0.469 e. The van der Waals surface area contributed by atoms with E-state index in [-0.39, 0.29) is 31.2 Å². The Morgan fingerprint density at radius 2 is 2.06 bits per heavy atom. The summed E-state index contributed by atoms with van der Waals surface area (Å²) in [5, 5.41) is 3.16. The van der Waals surface area contributed by atoms with Crippen molar-refractivity contribution in [1.29, 1.82) is 0 Å². The van der Waals surface area contributed by atoms with Crippen LogP contribution in [0.5, 0.6) is 0 Å². The fourth-order valence-corrected chi connectivity index (χ4v) is 3.00. The predicted molar refractivity (Wildman–Crippen MR) is 61.5 cm³/mol. The molecule has 17 heavy (non-hydrogen) atoms. The van der Waals surface area contributed by atoms with Crippen LogP contribution in [-0.2, 0) is 9.53 Å². The molecule has 6 heteroatoms. The summed E-state index contributed by atoms with van der Waals surface area (Å²) in [7, 11) is 1.27. The van der Waals surface area contributed by atoms with E-state index in [2.05, 4.69) is 5.32 Å². The van der Waals surface area contributed by atoms with Gasteiger partial charge in [-0.25, -0.2) is 8.78 Å². The van der Waals surface area contributed by atoms with Crippen LogP contribution in [0, 0.1) is 11.3 Å². The molecule has 100 valence electrons. The lowest BCUT2D eigenvalue weighted by atomic mass is 9.57. The maximum Gasteiger partial charge on any atom is 0.312 e. The number of alkyl halides is 2. The van der Waals surface area contributed by atoms with Crippen molar-refractivity contribution in [3.05, 3.63) is 0 Å².